The smallest absolute Gasteiger partial charge is 0.407 e. The van der Waals surface area contributed by atoms with Crippen LogP contribution < -0.4 is 10.6 Å². The molecule has 0 bridgehead atoms. The predicted octanol–water partition coefficient (Wildman–Crippen LogP) is 4.34. The lowest BCUT2D eigenvalue weighted by Crippen LogP contribution is -2.32. The molecule has 0 saturated carbocycles. The molecule has 124 valence electrons. The highest BCUT2D eigenvalue weighted by molar-refractivity contribution is 7.09. The summed E-state index contributed by atoms with van der Waals surface area (Å²) in [4.78, 5) is 17.0. The highest BCUT2D eigenvalue weighted by atomic mass is 32.1. The maximum Gasteiger partial charge on any atom is 0.407 e. The van der Waals surface area contributed by atoms with Gasteiger partial charge in [0, 0.05) is 23.3 Å². The van der Waals surface area contributed by atoms with E-state index in [4.69, 9.17) is 4.74 Å². The molecule has 1 amide bonds. The largest absolute Gasteiger partial charge is 0.444 e. The van der Waals surface area contributed by atoms with E-state index in [1.165, 1.54) is 4.88 Å². The van der Waals surface area contributed by atoms with Gasteiger partial charge in [0.05, 0.1) is 11.6 Å². The number of carbonyl (C=O) groups excluding carboxylic acids is 1. The Kier molecular flexibility index (Phi) is 5.60. The van der Waals surface area contributed by atoms with Crippen molar-refractivity contribution in [1.82, 2.24) is 10.3 Å². The van der Waals surface area contributed by atoms with Crippen LogP contribution in [0.5, 0.6) is 0 Å². The molecule has 6 heteroatoms. The van der Waals surface area contributed by atoms with E-state index in [1.807, 2.05) is 56.7 Å². The Hall–Kier alpha value is -2.08. The minimum Gasteiger partial charge on any atom is -0.444 e. The fourth-order valence-electron chi connectivity index (χ4n) is 2.02. The van der Waals surface area contributed by atoms with Gasteiger partial charge in [-0.05, 0) is 45.4 Å². The van der Waals surface area contributed by atoms with Crippen molar-refractivity contribution in [3.8, 4) is 0 Å². The Bertz CT molecular complexity index is 636. The van der Waals surface area contributed by atoms with Gasteiger partial charge < -0.3 is 15.4 Å². The Labute approximate surface area is 141 Å². The minimum atomic E-state index is -0.488. The maximum atomic E-state index is 11.7. The highest BCUT2D eigenvalue weighted by Gasteiger charge is 2.15. The van der Waals surface area contributed by atoms with Gasteiger partial charge in [-0.2, -0.15) is 0 Å². The van der Waals surface area contributed by atoms with Crippen LogP contribution in [0, 0.1) is 0 Å². The Morgan fingerprint density at radius 2 is 2.17 bits per heavy atom. The molecule has 0 spiro atoms. The second-order valence-corrected chi connectivity index (χ2v) is 7.24. The number of alkyl carbamates (subject to hydrolysis) is 1. The number of thiazole rings is 1. The average Bonchev–Trinajstić information content (AvgIpc) is 2.98. The molecule has 2 N–H and O–H groups in total. The van der Waals surface area contributed by atoms with Crippen molar-refractivity contribution in [1.29, 1.82) is 0 Å². The molecule has 0 fully saturated rings. The molecule has 2 rings (SSSR count). The first kappa shape index (κ1) is 17.3. The van der Waals surface area contributed by atoms with E-state index in [0.29, 0.717) is 6.54 Å². The van der Waals surface area contributed by atoms with Crippen LogP contribution in [0.25, 0.3) is 0 Å². The number of aromatic nitrogens is 1. The quantitative estimate of drug-likeness (QED) is 0.854. The zero-order chi connectivity index (χ0) is 16.9. The first-order valence-corrected chi connectivity index (χ1v) is 8.42. The number of nitrogens with zero attached hydrogens (tertiary/aromatic N) is 1. The summed E-state index contributed by atoms with van der Waals surface area (Å²) < 4.78 is 5.23. The van der Waals surface area contributed by atoms with Crippen LogP contribution in [0.15, 0.2) is 36.0 Å². The van der Waals surface area contributed by atoms with Crippen molar-refractivity contribution in [2.75, 3.05) is 5.32 Å². The van der Waals surface area contributed by atoms with Crippen LogP contribution in [0.3, 0.4) is 0 Å². The van der Waals surface area contributed by atoms with E-state index >= 15 is 0 Å². The molecule has 0 aliphatic carbocycles. The van der Waals surface area contributed by atoms with Crippen molar-refractivity contribution in [3.05, 3.63) is 46.4 Å². The summed E-state index contributed by atoms with van der Waals surface area (Å²) in [6.45, 7) is 8.06. The van der Waals surface area contributed by atoms with Gasteiger partial charge in [-0.15, -0.1) is 11.3 Å². The van der Waals surface area contributed by atoms with Gasteiger partial charge in [-0.1, -0.05) is 12.1 Å². The summed E-state index contributed by atoms with van der Waals surface area (Å²) in [7, 11) is 0. The van der Waals surface area contributed by atoms with E-state index in [0.717, 1.165) is 11.3 Å². The highest BCUT2D eigenvalue weighted by Crippen LogP contribution is 2.22. The number of benzene rings is 1. The van der Waals surface area contributed by atoms with Crippen molar-refractivity contribution in [2.45, 2.75) is 45.9 Å². The number of rotatable bonds is 5. The average molecular weight is 333 g/mol. The second-order valence-electron chi connectivity index (χ2n) is 6.33. The standard InChI is InChI=1S/C17H23N3O2S/c1-12(15-10-18-11-23-15)20-14-7-5-6-13(8-14)9-19-16(21)22-17(2,3)4/h5-8,10-12,20H,9H2,1-4H3,(H,19,21). The SMILES string of the molecule is CC(Nc1cccc(CNC(=O)OC(C)(C)C)c1)c1cncs1. The number of hydrogen-bond donors (Lipinski definition) is 2. The maximum absolute atomic E-state index is 11.7. The van der Waals surface area contributed by atoms with Crippen LogP contribution in [0.2, 0.25) is 0 Å². The number of ether oxygens (including phenoxy) is 1. The summed E-state index contributed by atoms with van der Waals surface area (Å²) in [6, 6.07) is 8.16. The fourth-order valence-corrected chi connectivity index (χ4v) is 2.65. The van der Waals surface area contributed by atoms with Crippen LogP contribution >= 0.6 is 11.3 Å². The molecule has 1 aromatic carbocycles. The summed E-state index contributed by atoms with van der Waals surface area (Å²) >= 11 is 1.63. The molecule has 5 nitrogen and oxygen atoms in total. The lowest BCUT2D eigenvalue weighted by Gasteiger charge is -2.20. The Balaban J connectivity index is 1.91. The van der Waals surface area contributed by atoms with E-state index in [1.54, 1.807) is 11.3 Å². The molecule has 0 radical (unpaired) electrons. The van der Waals surface area contributed by atoms with Crippen molar-refractivity contribution < 1.29 is 9.53 Å². The number of carbonyl (C=O) groups is 1. The summed E-state index contributed by atoms with van der Waals surface area (Å²) in [5, 5.41) is 6.20. The molecule has 0 aliphatic rings. The van der Waals surface area contributed by atoms with Crippen LogP contribution in [0.1, 0.15) is 44.2 Å². The Morgan fingerprint density at radius 1 is 1.39 bits per heavy atom. The van der Waals surface area contributed by atoms with E-state index in [2.05, 4.69) is 22.5 Å². The van der Waals surface area contributed by atoms with Gasteiger partial charge in [-0.25, -0.2) is 4.79 Å². The van der Waals surface area contributed by atoms with Crippen molar-refractivity contribution in [2.24, 2.45) is 0 Å². The zero-order valence-corrected chi connectivity index (χ0v) is 14.7. The second kappa shape index (κ2) is 7.46. The molecule has 0 aliphatic heterocycles. The van der Waals surface area contributed by atoms with Gasteiger partial charge in [0.1, 0.15) is 5.60 Å². The van der Waals surface area contributed by atoms with Gasteiger partial charge in [-0.3, -0.25) is 4.98 Å². The first-order chi connectivity index (χ1) is 10.8. The van der Waals surface area contributed by atoms with Crippen molar-refractivity contribution >= 4 is 23.1 Å². The fraction of sp³-hybridized carbons (Fsp3) is 0.412. The van der Waals surface area contributed by atoms with E-state index in [9.17, 15) is 4.79 Å². The molecule has 1 aromatic heterocycles. The van der Waals surface area contributed by atoms with Crippen LogP contribution in [0.4, 0.5) is 10.5 Å². The summed E-state index contributed by atoms with van der Waals surface area (Å²) in [6.07, 6.45) is 1.46. The first-order valence-electron chi connectivity index (χ1n) is 7.54. The van der Waals surface area contributed by atoms with Gasteiger partial charge in [0.15, 0.2) is 0 Å². The lowest BCUT2D eigenvalue weighted by atomic mass is 10.2. The molecule has 1 unspecified atom stereocenters. The third-order valence-electron chi connectivity index (χ3n) is 3.02. The molecule has 0 saturated heterocycles. The van der Waals surface area contributed by atoms with Crippen LogP contribution in [-0.2, 0) is 11.3 Å². The molecule has 2 aromatic rings. The molecule has 23 heavy (non-hydrogen) atoms. The van der Waals surface area contributed by atoms with Gasteiger partial charge in [0.25, 0.3) is 0 Å². The summed E-state index contributed by atoms with van der Waals surface area (Å²) in [5.41, 5.74) is 3.36. The van der Waals surface area contributed by atoms with Gasteiger partial charge in [0.2, 0.25) is 0 Å². The van der Waals surface area contributed by atoms with Gasteiger partial charge >= 0.3 is 6.09 Å². The molecular weight excluding hydrogens is 310 g/mol. The third-order valence-corrected chi connectivity index (χ3v) is 3.98. The zero-order valence-electron chi connectivity index (χ0n) is 13.9. The molecule has 1 atom stereocenters. The van der Waals surface area contributed by atoms with Crippen LogP contribution in [-0.4, -0.2) is 16.7 Å². The third kappa shape index (κ3) is 5.90. The lowest BCUT2D eigenvalue weighted by molar-refractivity contribution is 0.0523. The number of hydrogen-bond acceptors (Lipinski definition) is 5. The van der Waals surface area contributed by atoms with E-state index < -0.39 is 11.7 Å². The van der Waals surface area contributed by atoms with E-state index in [-0.39, 0.29) is 6.04 Å². The Morgan fingerprint density at radius 3 is 2.83 bits per heavy atom. The predicted molar refractivity (Wildman–Crippen MR) is 93.7 cm³/mol. The monoisotopic (exact) mass is 333 g/mol. The number of amides is 1. The number of nitrogens with one attached hydrogen (secondary N) is 2. The normalized spacial score (nSPS) is 12.5. The minimum absolute atomic E-state index is 0.191. The number of anilines is 1. The molecule has 1 heterocycles. The topological polar surface area (TPSA) is 63.2 Å². The molecular formula is C17H23N3O2S. The van der Waals surface area contributed by atoms with Crippen molar-refractivity contribution in [3.63, 3.8) is 0 Å². The summed E-state index contributed by atoms with van der Waals surface area (Å²) in [5.74, 6) is 0.